The zero-order valence-electron chi connectivity index (χ0n) is 16.7. The minimum atomic E-state index is -0.419. The molecule has 3 aromatic carbocycles. The van der Waals surface area contributed by atoms with Crippen molar-refractivity contribution in [1.29, 1.82) is 0 Å². The average Bonchev–Trinajstić information content (AvgIpc) is 2.96. The molecule has 0 saturated heterocycles. The van der Waals surface area contributed by atoms with Gasteiger partial charge in [0.15, 0.2) is 0 Å². The van der Waals surface area contributed by atoms with E-state index in [2.05, 4.69) is 21.2 Å². The van der Waals surface area contributed by atoms with Crippen molar-refractivity contribution in [2.75, 3.05) is 10.2 Å². The lowest BCUT2D eigenvalue weighted by Gasteiger charge is -2.17. The van der Waals surface area contributed by atoms with E-state index in [4.69, 9.17) is 0 Å². The Bertz CT molecular complexity index is 1230. The quantitative estimate of drug-likeness (QED) is 0.527. The van der Waals surface area contributed by atoms with Crippen LogP contribution < -0.4 is 10.2 Å². The second kappa shape index (κ2) is 7.54. The normalized spacial score (nSPS) is 12.9. The van der Waals surface area contributed by atoms with Gasteiger partial charge in [0.1, 0.15) is 0 Å². The predicted molar refractivity (Wildman–Crippen MR) is 120 cm³/mol. The molecule has 30 heavy (non-hydrogen) atoms. The molecule has 0 saturated carbocycles. The van der Waals surface area contributed by atoms with Gasteiger partial charge in [-0.25, -0.2) is 4.90 Å². The van der Waals surface area contributed by atoms with Crippen LogP contribution in [0.4, 0.5) is 11.4 Å². The Kier molecular flexibility index (Phi) is 5.03. The number of carbonyl (C=O) groups is 3. The Labute approximate surface area is 182 Å². The molecule has 1 aliphatic rings. The number of aryl methyl sites for hydroxylation is 3. The molecule has 0 spiro atoms. The van der Waals surface area contributed by atoms with Crippen molar-refractivity contribution in [1.82, 2.24) is 0 Å². The molecule has 1 N–H and O–H groups in total. The highest BCUT2D eigenvalue weighted by Gasteiger charge is 2.37. The number of anilines is 2. The van der Waals surface area contributed by atoms with E-state index in [9.17, 15) is 14.4 Å². The van der Waals surface area contributed by atoms with Crippen molar-refractivity contribution in [3.63, 3.8) is 0 Å². The van der Waals surface area contributed by atoms with E-state index >= 15 is 0 Å². The maximum atomic E-state index is 13.1. The van der Waals surface area contributed by atoms with Gasteiger partial charge in [0, 0.05) is 15.7 Å². The number of nitrogens with one attached hydrogen (secondary N) is 1. The predicted octanol–water partition coefficient (Wildman–Crippen LogP) is 5.43. The van der Waals surface area contributed by atoms with Gasteiger partial charge >= 0.3 is 0 Å². The third kappa shape index (κ3) is 3.44. The van der Waals surface area contributed by atoms with Crippen LogP contribution in [0.1, 0.15) is 47.8 Å². The van der Waals surface area contributed by atoms with E-state index in [1.807, 2.05) is 51.1 Å². The van der Waals surface area contributed by atoms with E-state index in [1.165, 1.54) is 11.0 Å². The summed E-state index contributed by atoms with van der Waals surface area (Å²) >= 11 is 3.43. The molecule has 3 amide bonds. The number of hydrogen-bond donors (Lipinski definition) is 1. The van der Waals surface area contributed by atoms with Gasteiger partial charge in [0.05, 0.1) is 16.8 Å². The first-order chi connectivity index (χ1) is 14.3. The van der Waals surface area contributed by atoms with Gasteiger partial charge in [-0.1, -0.05) is 28.1 Å². The first-order valence-electron chi connectivity index (χ1n) is 9.44. The largest absolute Gasteiger partial charge is 0.322 e. The number of fused-ring (bicyclic) bond motifs is 1. The van der Waals surface area contributed by atoms with Crippen LogP contribution in [0.15, 0.2) is 59.1 Å². The fraction of sp³-hybridized carbons (Fsp3) is 0.125. The number of rotatable bonds is 3. The number of halogens is 1. The molecule has 6 heteroatoms. The summed E-state index contributed by atoms with van der Waals surface area (Å²) in [5, 5.41) is 2.83. The fourth-order valence-corrected chi connectivity index (χ4v) is 3.73. The fourth-order valence-electron chi connectivity index (χ4n) is 3.49. The first kappa shape index (κ1) is 20.0. The Morgan fingerprint density at radius 3 is 2.30 bits per heavy atom. The summed E-state index contributed by atoms with van der Waals surface area (Å²) in [5.41, 5.74) is 4.86. The van der Waals surface area contributed by atoms with Gasteiger partial charge in [-0.05, 0) is 79.9 Å². The number of benzene rings is 3. The topological polar surface area (TPSA) is 66.5 Å². The molecule has 0 aliphatic carbocycles. The van der Waals surface area contributed by atoms with Crippen LogP contribution in [-0.4, -0.2) is 17.7 Å². The van der Waals surface area contributed by atoms with Crippen molar-refractivity contribution in [3.05, 3.63) is 92.5 Å². The van der Waals surface area contributed by atoms with Crippen LogP contribution in [0.2, 0.25) is 0 Å². The van der Waals surface area contributed by atoms with Crippen LogP contribution in [0, 0.1) is 20.8 Å². The van der Waals surface area contributed by atoms with E-state index in [-0.39, 0.29) is 17.4 Å². The summed E-state index contributed by atoms with van der Waals surface area (Å²) in [6, 6.07) is 15.7. The van der Waals surface area contributed by atoms with Crippen LogP contribution in [0.25, 0.3) is 0 Å². The molecule has 150 valence electrons. The third-order valence-electron chi connectivity index (χ3n) is 5.17. The lowest BCUT2D eigenvalue weighted by atomic mass is 10.1. The average molecular weight is 463 g/mol. The summed E-state index contributed by atoms with van der Waals surface area (Å²) in [6.07, 6.45) is 0. The number of imide groups is 1. The van der Waals surface area contributed by atoms with Gasteiger partial charge in [-0.2, -0.15) is 0 Å². The molecule has 1 aliphatic heterocycles. The standard InChI is InChI=1S/C24H19BrN2O3/c1-13-4-5-14(2)21(10-13)27-23(29)18-8-6-16(12-19(18)24(27)30)22(28)26-17-7-9-20(25)15(3)11-17/h4-12H,1-3H3,(H,26,28). The molecule has 0 radical (unpaired) electrons. The van der Waals surface area contributed by atoms with Crippen molar-refractivity contribution in [3.8, 4) is 0 Å². The van der Waals surface area contributed by atoms with Gasteiger partial charge < -0.3 is 5.32 Å². The number of carbonyl (C=O) groups excluding carboxylic acids is 3. The number of nitrogens with zero attached hydrogens (tertiary/aromatic N) is 1. The van der Waals surface area contributed by atoms with E-state index < -0.39 is 5.91 Å². The van der Waals surface area contributed by atoms with Gasteiger partial charge in [0.2, 0.25) is 0 Å². The van der Waals surface area contributed by atoms with Crippen molar-refractivity contribution < 1.29 is 14.4 Å². The van der Waals surface area contributed by atoms with E-state index in [1.54, 1.807) is 18.2 Å². The van der Waals surface area contributed by atoms with Gasteiger partial charge in [-0.3, -0.25) is 14.4 Å². The maximum Gasteiger partial charge on any atom is 0.266 e. The zero-order chi connectivity index (χ0) is 21.6. The molecule has 4 rings (SSSR count). The summed E-state index contributed by atoms with van der Waals surface area (Å²) in [6.45, 7) is 5.70. The lowest BCUT2D eigenvalue weighted by molar-refractivity contribution is 0.0925. The van der Waals surface area contributed by atoms with Gasteiger partial charge in [-0.15, -0.1) is 0 Å². The van der Waals surface area contributed by atoms with Crippen LogP contribution in [0.3, 0.4) is 0 Å². The highest BCUT2D eigenvalue weighted by atomic mass is 79.9. The second-order valence-electron chi connectivity index (χ2n) is 7.41. The SMILES string of the molecule is Cc1ccc(C)c(N2C(=O)c3ccc(C(=O)Nc4ccc(Br)c(C)c4)cc3C2=O)c1. The Balaban J connectivity index is 1.65. The molecule has 0 atom stereocenters. The van der Waals surface area contributed by atoms with Crippen molar-refractivity contribution >= 4 is 45.0 Å². The molecule has 0 unspecified atom stereocenters. The molecule has 5 nitrogen and oxygen atoms in total. The Morgan fingerprint density at radius 2 is 1.57 bits per heavy atom. The molecular formula is C24H19BrN2O3. The molecule has 0 aromatic heterocycles. The molecule has 0 fully saturated rings. The molecule has 1 heterocycles. The third-order valence-corrected chi connectivity index (χ3v) is 6.06. The van der Waals surface area contributed by atoms with E-state index in [0.29, 0.717) is 22.5 Å². The minimum Gasteiger partial charge on any atom is -0.322 e. The number of hydrogen-bond acceptors (Lipinski definition) is 3. The second-order valence-corrected chi connectivity index (χ2v) is 8.27. The lowest BCUT2D eigenvalue weighted by Crippen LogP contribution is -2.30. The minimum absolute atomic E-state index is 0.237. The van der Waals surface area contributed by atoms with Gasteiger partial charge in [0.25, 0.3) is 17.7 Å². The maximum absolute atomic E-state index is 13.1. The summed E-state index contributed by atoms with van der Waals surface area (Å²) < 4.78 is 0.952. The summed E-state index contributed by atoms with van der Waals surface area (Å²) in [5.74, 6) is -1.14. The highest BCUT2D eigenvalue weighted by Crippen LogP contribution is 2.32. The van der Waals surface area contributed by atoms with Crippen LogP contribution in [0.5, 0.6) is 0 Å². The monoisotopic (exact) mass is 462 g/mol. The number of amides is 3. The molecular weight excluding hydrogens is 444 g/mol. The van der Waals surface area contributed by atoms with Crippen molar-refractivity contribution in [2.45, 2.75) is 20.8 Å². The first-order valence-corrected chi connectivity index (χ1v) is 10.2. The zero-order valence-corrected chi connectivity index (χ0v) is 18.3. The Hall–Kier alpha value is -3.25. The summed E-state index contributed by atoms with van der Waals surface area (Å²) in [4.78, 5) is 39.9. The van der Waals surface area contributed by atoms with Crippen LogP contribution in [-0.2, 0) is 0 Å². The van der Waals surface area contributed by atoms with Crippen molar-refractivity contribution in [2.24, 2.45) is 0 Å². The Morgan fingerprint density at radius 1 is 0.833 bits per heavy atom. The smallest absolute Gasteiger partial charge is 0.266 e. The highest BCUT2D eigenvalue weighted by molar-refractivity contribution is 9.10. The summed E-state index contributed by atoms with van der Waals surface area (Å²) in [7, 11) is 0. The van der Waals surface area contributed by atoms with Crippen LogP contribution >= 0.6 is 15.9 Å². The molecule has 0 bridgehead atoms. The molecule has 3 aromatic rings. The van der Waals surface area contributed by atoms with E-state index in [0.717, 1.165) is 21.2 Å².